The first-order valence-electron chi connectivity index (χ1n) is 6.56. The summed E-state index contributed by atoms with van der Waals surface area (Å²) in [5.74, 6) is 0.244. The Bertz CT molecular complexity index is 413. The number of hydrogen-bond donors (Lipinski definition) is 1. The topological polar surface area (TPSA) is 50.2 Å². The van der Waals surface area contributed by atoms with Gasteiger partial charge in [-0.2, -0.15) is 0 Å². The number of piperidine rings is 1. The Morgan fingerprint density at radius 2 is 2.33 bits per heavy atom. The zero-order chi connectivity index (χ0) is 13.1. The third-order valence-corrected chi connectivity index (χ3v) is 3.43. The fraction of sp³-hybridized carbons (Fsp3) is 0.692. The average Bonchev–Trinajstić information content (AvgIpc) is 2.78. The van der Waals surface area contributed by atoms with Gasteiger partial charge in [-0.25, -0.2) is 4.98 Å². The molecule has 0 radical (unpaired) electrons. The van der Waals surface area contributed by atoms with Gasteiger partial charge >= 0.3 is 0 Å². The summed E-state index contributed by atoms with van der Waals surface area (Å²) in [6.07, 6.45) is 5.34. The number of rotatable bonds is 4. The fourth-order valence-corrected chi connectivity index (χ4v) is 2.32. The molecule has 2 rings (SSSR count). The minimum atomic E-state index is 0.244. The van der Waals surface area contributed by atoms with E-state index in [1.54, 1.807) is 0 Å². The molecule has 1 aromatic rings. The number of carbonyl (C=O) groups is 1. The standard InChI is InChI=1S/C13H22N4O/c1-10(2)15-7-12-6-14-9-17(12)11-4-5-13(18)16(3)8-11/h6,9-11,15H,4-5,7-8H2,1-3H3. The summed E-state index contributed by atoms with van der Waals surface area (Å²) in [6, 6.07) is 0.822. The van der Waals surface area contributed by atoms with Gasteiger partial charge in [-0.15, -0.1) is 0 Å². The van der Waals surface area contributed by atoms with Crippen LogP contribution in [-0.2, 0) is 11.3 Å². The molecule has 1 N–H and O–H groups in total. The highest BCUT2D eigenvalue weighted by Crippen LogP contribution is 2.22. The van der Waals surface area contributed by atoms with Crippen LogP contribution in [0.25, 0.3) is 0 Å². The van der Waals surface area contributed by atoms with Crippen molar-refractivity contribution in [2.45, 2.75) is 45.3 Å². The summed E-state index contributed by atoms with van der Waals surface area (Å²) < 4.78 is 2.21. The van der Waals surface area contributed by atoms with Crippen LogP contribution < -0.4 is 5.32 Å². The lowest BCUT2D eigenvalue weighted by atomic mass is 10.1. The van der Waals surface area contributed by atoms with Crippen LogP contribution in [0.5, 0.6) is 0 Å². The van der Waals surface area contributed by atoms with Gasteiger partial charge in [-0.3, -0.25) is 4.79 Å². The average molecular weight is 250 g/mol. The van der Waals surface area contributed by atoms with Gasteiger partial charge in [0.1, 0.15) is 0 Å². The van der Waals surface area contributed by atoms with Crippen LogP contribution in [-0.4, -0.2) is 40.0 Å². The summed E-state index contributed by atoms with van der Waals surface area (Å²) in [4.78, 5) is 17.6. The second-order valence-corrected chi connectivity index (χ2v) is 5.29. The molecule has 0 aliphatic carbocycles. The molecule has 2 heterocycles. The maximum absolute atomic E-state index is 11.5. The molecule has 1 amide bonds. The highest BCUT2D eigenvalue weighted by atomic mass is 16.2. The number of imidazole rings is 1. The maximum Gasteiger partial charge on any atom is 0.222 e. The summed E-state index contributed by atoms with van der Waals surface area (Å²) in [7, 11) is 1.87. The second kappa shape index (κ2) is 5.52. The van der Waals surface area contributed by atoms with Crippen LogP contribution in [0.1, 0.15) is 38.4 Å². The lowest BCUT2D eigenvalue weighted by Crippen LogP contribution is -2.38. The van der Waals surface area contributed by atoms with E-state index in [1.807, 2.05) is 24.5 Å². The summed E-state index contributed by atoms with van der Waals surface area (Å²) in [6.45, 7) is 5.87. The zero-order valence-corrected chi connectivity index (χ0v) is 11.4. The lowest BCUT2D eigenvalue weighted by Gasteiger charge is -2.31. The minimum Gasteiger partial charge on any atom is -0.344 e. The SMILES string of the molecule is CC(C)NCc1cncn1C1CCC(=O)N(C)C1. The lowest BCUT2D eigenvalue weighted by molar-refractivity contribution is -0.132. The molecule has 1 saturated heterocycles. The van der Waals surface area contributed by atoms with Crippen LogP contribution in [0.3, 0.4) is 0 Å². The molecular weight excluding hydrogens is 228 g/mol. The zero-order valence-electron chi connectivity index (χ0n) is 11.4. The molecule has 18 heavy (non-hydrogen) atoms. The van der Waals surface area contributed by atoms with Crippen molar-refractivity contribution in [3.8, 4) is 0 Å². The van der Waals surface area contributed by atoms with Crippen LogP contribution in [0.4, 0.5) is 0 Å². The van der Waals surface area contributed by atoms with E-state index in [0.717, 1.165) is 19.5 Å². The van der Waals surface area contributed by atoms with Crippen molar-refractivity contribution < 1.29 is 4.79 Å². The van der Waals surface area contributed by atoms with E-state index < -0.39 is 0 Å². The van der Waals surface area contributed by atoms with Gasteiger partial charge in [0.05, 0.1) is 18.1 Å². The quantitative estimate of drug-likeness (QED) is 0.873. The van der Waals surface area contributed by atoms with Crippen LogP contribution in [0.15, 0.2) is 12.5 Å². The number of carbonyl (C=O) groups excluding carboxylic acids is 1. The van der Waals surface area contributed by atoms with E-state index in [9.17, 15) is 4.79 Å². The predicted octanol–water partition coefficient (Wildman–Crippen LogP) is 1.17. The summed E-state index contributed by atoms with van der Waals surface area (Å²) >= 11 is 0. The Kier molecular flexibility index (Phi) is 4.01. The van der Waals surface area contributed by atoms with E-state index in [2.05, 4.69) is 28.7 Å². The molecule has 1 aliphatic rings. The third-order valence-electron chi connectivity index (χ3n) is 3.43. The van der Waals surface area contributed by atoms with Crippen LogP contribution in [0, 0.1) is 0 Å². The molecule has 1 fully saturated rings. The van der Waals surface area contributed by atoms with Crippen molar-refractivity contribution >= 4 is 5.91 Å². The number of nitrogens with one attached hydrogen (secondary N) is 1. The van der Waals surface area contributed by atoms with E-state index in [4.69, 9.17) is 0 Å². The van der Waals surface area contributed by atoms with Crippen molar-refractivity contribution in [3.63, 3.8) is 0 Å². The Balaban J connectivity index is 2.04. The highest BCUT2D eigenvalue weighted by molar-refractivity contribution is 5.76. The molecule has 0 bridgehead atoms. The predicted molar refractivity (Wildman–Crippen MR) is 70.1 cm³/mol. The number of likely N-dealkylation sites (tertiary alicyclic amines) is 1. The monoisotopic (exact) mass is 250 g/mol. The molecule has 1 atom stereocenters. The molecule has 5 heteroatoms. The molecule has 0 saturated carbocycles. The van der Waals surface area contributed by atoms with Crippen molar-refractivity contribution in [1.29, 1.82) is 0 Å². The number of amides is 1. The van der Waals surface area contributed by atoms with Crippen molar-refractivity contribution in [2.75, 3.05) is 13.6 Å². The van der Waals surface area contributed by atoms with Gasteiger partial charge < -0.3 is 14.8 Å². The first-order chi connectivity index (χ1) is 8.58. The molecule has 1 aliphatic heterocycles. The molecule has 100 valence electrons. The van der Waals surface area contributed by atoms with Gasteiger partial charge in [0.2, 0.25) is 5.91 Å². The Labute approximate surface area is 108 Å². The third kappa shape index (κ3) is 2.90. The molecular formula is C13H22N4O. The summed E-state index contributed by atoms with van der Waals surface area (Å²) in [5.41, 5.74) is 1.19. The molecule has 0 aromatic carbocycles. The second-order valence-electron chi connectivity index (χ2n) is 5.29. The van der Waals surface area contributed by atoms with Crippen LogP contribution in [0.2, 0.25) is 0 Å². The van der Waals surface area contributed by atoms with Gasteiger partial charge in [0.25, 0.3) is 0 Å². The van der Waals surface area contributed by atoms with Crippen molar-refractivity contribution in [2.24, 2.45) is 0 Å². The van der Waals surface area contributed by atoms with Crippen molar-refractivity contribution in [3.05, 3.63) is 18.2 Å². The normalized spacial score (nSPS) is 20.8. The smallest absolute Gasteiger partial charge is 0.222 e. The Hall–Kier alpha value is -1.36. The first-order valence-corrected chi connectivity index (χ1v) is 6.56. The molecule has 1 aromatic heterocycles. The highest BCUT2D eigenvalue weighted by Gasteiger charge is 2.25. The number of aromatic nitrogens is 2. The maximum atomic E-state index is 11.5. The number of hydrogen-bond acceptors (Lipinski definition) is 3. The number of likely N-dealkylation sites (N-methyl/N-ethyl adjacent to an activating group) is 1. The number of nitrogens with zero attached hydrogens (tertiary/aromatic N) is 3. The molecule has 1 unspecified atom stereocenters. The minimum absolute atomic E-state index is 0.244. The Morgan fingerprint density at radius 3 is 3.00 bits per heavy atom. The van der Waals surface area contributed by atoms with Gasteiger partial charge in [0, 0.05) is 38.8 Å². The van der Waals surface area contributed by atoms with E-state index in [1.165, 1.54) is 5.69 Å². The fourth-order valence-electron chi connectivity index (χ4n) is 2.32. The molecule has 0 spiro atoms. The first kappa shape index (κ1) is 13.1. The van der Waals surface area contributed by atoms with Gasteiger partial charge in [-0.05, 0) is 6.42 Å². The largest absolute Gasteiger partial charge is 0.344 e. The van der Waals surface area contributed by atoms with Crippen molar-refractivity contribution in [1.82, 2.24) is 19.8 Å². The van der Waals surface area contributed by atoms with E-state index in [-0.39, 0.29) is 5.91 Å². The van der Waals surface area contributed by atoms with Gasteiger partial charge in [-0.1, -0.05) is 13.8 Å². The Morgan fingerprint density at radius 1 is 1.56 bits per heavy atom. The van der Waals surface area contributed by atoms with Gasteiger partial charge in [0.15, 0.2) is 0 Å². The molecule has 5 nitrogen and oxygen atoms in total. The van der Waals surface area contributed by atoms with E-state index >= 15 is 0 Å². The van der Waals surface area contributed by atoms with Crippen LogP contribution >= 0.6 is 0 Å². The summed E-state index contributed by atoms with van der Waals surface area (Å²) in [5, 5.41) is 3.41. The van der Waals surface area contributed by atoms with E-state index in [0.29, 0.717) is 18.5 Å².